The molecule has 0 radical (unpaired) electrons. The first-order chi connectivity index (χ1) is 7.54. The van der Waals surface area contributed by atoms with Crippen LogP contribution in [0.15, 0.2) is 24.3 Å². The summed E-state index contributed by atoms with van der Waals surface area (Å²) in [7, 11) is 0. The van der Waals surface area contributed by atoms with Crippen LogP contribution >= 0.6 is 0 Å². The molecule has 0 spiro atoms. The van der Waals surface area contributed by atoms with Gasteiger partial charge in [0.05, 0.1) is 11.5 Å². The third-order valence-corrected chi connectivity index (χ3v) is 2.94. The highest BCUT2D eigenvalue weighted by Gasteiger charge is 2.51. The second kappa shape index (κ2) is 3.81. The van der Waals surface area contributed by atoms with Crippen molar-refractivity contribution in [3.63, 3.8) is 0 Å². The summed E-state index contributed by atoms with van der Waals surface area (Å²) < 4.78 is 5.52. The van der Waals surface area contributed by atoms with Gasteiger partial charge in [0.25, 0.3) is 0 Å². The largest absolute Gasteiger partial charge is 0.491 e. The predicted octanol–water partition coefficient (Wildman–Crippen LogP) is 2.59. The van der Waals surface area contributed by atoms with Crippen molar-refractivity contribution in [2.75, 3.05) is 0 Å². The molecule has 1 N–H and O–H groups in total. The smallest absolute Gasteiger partial charge is 0.314 e. The third kappa shape index (κ3) is 1.90. The number of hydrogen-bond donors (Lipinski definition) is 1. The fourth-order valence-corrected chi connectivity index (χ4v) is 1.88. The van der Waals surface area contributed by atoms with Crippen LogP contribution in [0.2, 0.25) is 0 Å². The van der Waals surface area contributed by atoms with E-state index >= 15 is 0 Å². The number of carboxylic acids is 1. The molecule has 0 heterocycles. The second-order valence-electron chi connectivity index (χ2n) is 4.58. The average molecular weight is 220 g/mol. The van der Waals surface area contributed by atoms with E-state index in [1.807, 2.05) is 38.1 Å². The molecular weight excluding hydrogens is 204 g/mol. The number of rotatable bonds is 4. The fraction of sp³-hybridized carbons (Fsp3) is 0.462. The predicted molar refractivity (Wildman–Crippen MR) is 60.8 cm³/mol. The van der Waals surface area contributed by atoms with E-state index in [4.69, 9.17) is 9.84 Å². The Balaban J connectivity index is 2.17. The minimum absolute atomic E-state index is 0.139. The Morgan fingerprint density at radius 1 is 1.31 bits per heavy atom. The molecule has 0 unspecified atom stereocenters. The van der Waals surface area contributed by atoms with E-state index in [0.717, 1.165) is 24.2 Å². The van der Waals surface area contributed by atoms with Gasteiger partial charge in [0.15, 0.2) is 0 Å². The highest BCUT2D eigenvalue weighted by atomic mass is 16.5. The molecular formula is C13H16O3. The van der Waals surface area contributed by atoms with Gasteiger partial charge in [0.2, 0.25) is 0 Å². The number of aliphatic carboxylic acids is 1. The number of carboxylic acid groups (broad SMARTS) is 1. The van der Waals surface area contributed by atoms with E-state index in [-0.39, 0.29) is 6.10 Å². The molecule has 1 fully saturated rings. The van der Waals surface area contributed by atoms with E-state index in [1.54, 1.807) is 0 Å². The van der Waals surface area contributed by atoms with Crippen molar-refractivity contribution in [2.24, 2.45) is 0 Å². The van der Waals surface area contributed by atoms with Gasteiger partial charge in [-0.05, 0) is 44.4 Å². The first-order valence-corrected chi connectivity index (χ1v) is 5.55. The second-order valence-corrected chi connectivity index (χ2v) is 4.58. The maximum absolute atomic E-state index is 11.1. The van der Waals surface area contributed by atoms with Gasteiger partial charge < -0.3 is 9.84 Å². The molecule has 1 aromatic carbocycles. The van der Waals surface area contributed by atoms with Crippen molar-refractivity contribution in [3.8, 4) is 5.75 Å². The summed E-state index contributed by atoms with van der Waals surface area (Å²) in [6.07, 6.45) is 1.62. The van der Waals surface area contributed by atoms with E-state index in [0.29, 0.717) is 0 Å². The molecule has 1 aromatic rings. The molecule has 16 heavy (non-hydrogen) atoms. The van der Waals surface area contributed by atoms with Crippen molar-refractivity contribution in [1.82, 2.24) is 0 Å². The van der Waals surface area contributed by atoms with Crippen molar-refractivity contribution < 1.29 is 14.6 Å². The normalized spacial score (nSPS) is 17.2. The zero-order chi connectivity index (χ0) is 11.8. The Labute approximate surface area is 95.0 Å². The summed E-state index contributed by atoms with van der Waals surface area (Å²) >= 11 is 0. The minimum Gasteiger partial charge on any atom is -0.491 e. The SMILES string of the molecule is CC(C)Oc1ccc(C2(C(=O)O)CC2)cc1. The Hall–Kier alpha value is -1.51. The van der Waals surface area contributed by atoms with Crippen LogP contribution in [0.25, 0.3) is 0 Å². The zero-order valence-corrected chi connectivity index (χ0v) is 9.56. The lowest BCUT2D eigenvalue weighted by molar-refractivity contribution is -0.140. The van der Waals surface area contributed by atoms with Crippen molar-refractivity contribution in [3.05, 3.63) is 29.8 Å². The van der Waals surface area contributed by atoms with Crippen LogP contribution in [0.5, 0.6) is 5.75 Å². The summed E-state index contributed by atoms with van der Waals surface area (Å²) in [6.45, 7) is 3.93. The summed E-state index contributed by atoms with van der Waals surface area (Å²) in [4.78, 5) is 11.1. The van der Waals surface area contributed by atoms with Gasteiger partial charge in [-0.1, -0.05) is 12.1 Å². The van der Waals surface area contributed by atoms with E-state index in [9.17, 15) is 4.79 Å². The minimum atomic E-state index is -0.718. The maximum atomic E-state index is 11.1. The molecule has 0 aromatic heterocycles. The average Bonchev–Trinajstić information content (AvgIpc) is 2.98. The number of carbonyl (C=O) groups is 1. The van der Waals surface area contributed by atoms with Gasteiger partial charge in [-0.25, -0.2) is 0 Å². The highest BCUT2D eigenvalue weighted by Crippen LogP contribution is 2.48. The van der Waals surface area contributed by atoms with Crippen LogP contribution in [-0.4, -0.2) is 17.2 Å². The lowest BCUT2D eigenvalue weighted by atomic mass is 9.96. The highest BCUT2D eigenvalue weighted by molar-refractivity contribution is 5.84. The zero-order valence-electron chi connectivity index (χ0n) is 9.56. The Morgan fingerprint density at radius 3 is 2.25 bits per heavy atom. The summed E-state index contributed by atoms with van der Waals surface area (Å²) in [5.74, 6) is 0.0740. The summed E-state index contributed by atoms with van der Waals surface area (Å²) in [5.41, 5.74) is 0.271. The van der Waals surface area contributed by atoms with Crippen LogP contribution in [0.1, 0.15) is 32.3 Å². The van der Waals surface area contributed by atoms with Gasteiger partial charge in [0, 0.05) is 0 Å². The van der Waals surface area contributed by atoms with Gasteiger partial charge in [0.1, 0.15) is 5.75 Å². The van der Waals surface area contributed by atoms with Crippen LogP contribution < -0.4 is 4.74 Å². The topological polar surface area (TPSA) is 46.5 Å². The van der Waals surface area contributed by atoms with Gasteiger partial charge in [-0.3, -0.25) is 4.79 Å². The first kappa shape index (κ1) is 11.0. The van der Waals surface area contributed by atoms with E-state index < -0.39 is 11.4 Å². The van der Waals surface area contributed by atoms with Crippen LogP contribution in [0.4, 0.5) is 0 Å². The lowest BCUT2D eigenvalue weighted by Crippen LogP contribution is -2.19. The molecule has 0 atom stereocenters. The van der Waals surface area contributed by atoms with Crippen LogP contribution in [0.3, 0.4) is 0 Å². The molecule has 1 saturated carbocycles. The van der Waals surface area contributed by atoms with Gasteiger partial charge in [-0.15, -0.1) is 0 Å². The molecule has 3 heteroatoms. The van der Waals surface area contributed by atoms with Crippen LogP contribution in [-0.2, 0) is 10.2 Å². The Kier molecular flexibility index (Phi) is 2.62. The number of benzene rings is 1. The molecule has 3 nitrogen and oxygen atoms in total. The molecule has 1 aliphatic rings. The molecule has 1 aliphatic carbocycles. The van der Waals surface area contributed by atoms with Crippen molar-refractivity contribution >= 4 is 5.97 Å². The molecule has 86 valence electrons. The van der Waals surface area contributed by atoms with Gasteiger partial charge in [-0.2, -0.15) is 0 Å². The van der Waals surface area contributed by atoms with Crippen molar-refractivity contribution in [1.29, 1.82) is 0 Å². The molecule has 2 rings (SSSR count). The van der Waals surface area contributed by atoms with Gasteiger partial charge >= 0.3 is 5.97 Å². The van der Waals surface area contributed by atoms with Crippen LogP contribution in [0, 0.1) is 0 Å². The quantitative estimate of drug-likeness (QED) is 0.848. The third-order valence-electron chi connectivity index (χ3n) is 2.94. The number of hydrogen-bond acceptors (Lipinski definition) is 2. The van der Waals surface area contributed by atoms with E-state index in [2.05, 4.69) is 0 Å². The molecule has 0 amide bonds. The van der Waals surface area contributed by atoms with Crippen molar-refractivity contribution in [2.45, 2.75) is 38.2 Å². The maximum Gasteiger partial charge on any atom is 0.314 e. The van der Waals surface area contributed by atoms with E-state index in [1.165, 1.54) is 0 Å². The Bertz CT molecular complexity index is 388. The number of ether oxygens (including phenoxy) is 1. The fourth-order valence-electron chi connectivity index (χ4n) is 1.88. The molecule has 0 aliphatic heterocycles. The monoisotopic (exact) mass is 220 g/mol. The summed E-state index contributed by atoms with van der Waals surface area (Å²) in [6, 6.07) is 7.41. The molecule has 0 bridgehead atoms. The Morgan fingerprint density at radius 2 is 1.88 bits per heavy atom. The molecule has 0 saturated heterocycles. The first-order valence-electron chi connectivity index (χ1n) is 5.55. The lowest BCUT2D eigenvalue weighted by Gasteiger charge is -2.13. The standard InChI is InChI=1S/C13H16O3/c1-9(2)16-11-5-3-10(4-6-11)13(7-8-13)12(14)15/h3-6,9H,7-8H2,1-2H3,(H,14,15). The summed E-state index contributed by atoms with van der Waals surface area (Å²) in [5, 5.41) is 9.14.